The molecule has 0 aromatic heterocycles. The maximum absolute atomic E-state index is 11.1. The lowest BCUT2D eigenvalue weighted by atomic mass is 10.2. The molecule has 0 heterocycles. The molecule has 15 heavy (non-hydrogen) atoms. The smallest absolute Gasteiger partial charge is 0.411 e. The van der Waals surface area contributed by atoms with E-state index in [4.69, 9.17) is 4.74 Å². The summed E-state index contributed by atoms with van der Waals surface area (Å²) in [6, 6.07) is 9.50. The fraction of sp³-hybridized carbons (Fsp3) is 0.0833. The minimum absolute atomic E-state index is 0.272. The Bertz CT molecular complexity index is 344. The monoisotopic (exact) mass is 203 g/mol. The summed E-state index contributed by atoms with van der Waals surface area (Å²) in [7, 11) is 0. The van der Waals surface area contributed by atoms with Crippen LogP contribution in [0.1, 0.15) is 5.56 Å². The number of rotatable bonds is 4. The maximum Gasteiger partial charge on any atom is 0.411 e. The Hall–Kier alpha value is -2.03. The van der Waals surface area contributed by atoms with E-state index in [9.17, 15) is 4.79 Å². The summed E-state index contributed by atoms with van der Waals surface area (Å²) in [5, 5.41) is 2.44. The van der Waals surface area contributed by atoms with Crippen LogP contribution in [0.2, 0.25) is 0 Å². The Kier molecular flexibility index (Phi) is 4.73. The van der Waals surface area contributed by atoms with E-state index in [2.05, 4.69) is 11.9 Å². The maximum atomic E-state index is 11.1. The average molecular weight is 203 g/mol. The molecule has 3 nitrogen and oxygen atoms in total. The fourth-order valence-corrected chi connectivity index (χ4v) is 0.949. The summed E-state index contributed by atoms with van der Waals surface area (Å²) in [4.78, 5) is 11.1. The van der Waals surface area contributed by atoms with Crippen LogP contribution in [0, 0.1) is 0 Å². The van der Waals surface area contributed by atoms with Crippen molar-refractivity contribution in [3.05, 3.63) is 60.8 Å². The molecule has 1 rings (SSSR count). The minimum Gasteiger partial charge on any atom is -0.444 e. The van der Waals surface area contributed by atoms with Crippen LogP contribution < -0.4 is 5.32 Å². The Labute approximate surface area is 89.1 Å². The summed E-state index contributed by atoms with van der Waals surface area (Å²) >= 11 is 0. The summed E-state index contributed by atoms with van der Waals surface area (Å²) in [5.74, 6) is 0. The van der Waals surface area contributed by atoms with Crippen LogP contribution in [-0.2, 0) is 11.3 Å². The normalized spacial score (nSPS) is 9.87. The average Bonchev–Trinajstić information content (AvgIpc) is 2.28. The molecule has 0 bridgehead atoms. The number of ether oxygens (including phenoxy) is 1. The number of allylic oxidation sites excluding steroid dienone is 2. The van der Waals surface area contributed by atoms with E-state index in [0.29, 0.717) is 0 Å². The van der Waals surface area contributed by atoms with Crippen LogP contribution in [0.25, 0.3) is 0 Å². The van der Waals surface area contributed by atoms with Crippen LogP contribution >= 0.6 is 0 Å². The molecule has 0 fully saturated rings. The van der Waals surface area contributed by atoms with Crippen molar-refractivity contribution in [2.75, 3.05) is 0 Å². The molecule has 0 aliphatic rings. The number of hydrogen-bond donors (Lipinski definition) is 1. The fourth-order valence-electron chi connectivity index (χ4n) is 0.949. The van der Waals surface area contributed by atoms with E-state index < -0.39 is 6.09 Å². The van der Waals surface area contributed by atoms with Crippen molar-refractivity contribution in [3.63, 3.8) is 0 Å². The quantitative estimate of drug-likeness (QED) is 0.764. The lowest BCUT2D eigenvalue weighted by Crippen LogP contribution is -2.18. The molecule has 0 unspecified atom stereocenters. The van der Waals surface area contributed by atoms with Gasteiger partial charge >= 0.3 is 6.09 Å². The highest BCUT2D eigenvalue weighted by molar-refractivity contribution is 5.68. The molecule has 78 valence electrons. The van der Waals surface area contributed by atoms with Gasteiger partial charge in [-0.15, -0.1) is 0 Å². The van der Waals surface area contributed by atoms with E-state index in [0.717, 1.165) is 5.56 Å². The third-order valence-electron chi connectivity index (χ3n) is 1.65. The molecular formula is C12H13NO2. The summed E-state index contributed by atoms with van der Waals surface area (Å²) in [6.45, 7) is 3.74. The molecule has 0 atom stereocenters. The van der Waals surface area contributed by atoms with Gasteiger partial charge in [-0.05, 0) is 11.6 Å². The molecule has 1 aromatic carbocycles. The predicted octanol–water partition coefficient (Wildman–Crippen LogP) is 2.61. The molecule has 0 saturated carbocycles. The number of amides is 1. The van der Waals surface area contributed by atoms with Gasteiger partial charge in [0.25, 0.3) is 0 Å². The molecule has 1 aromatic rings. The lowest BCUT2D eigenvalue weighted by Gasteiger charge is -2.03. The largest absolute Gasteiger partial charge is 0.444 e. The molecule has 1 N–H and O–H groups in total. The zero-order valence-electron chi connectivity index (χ0n) is 8.35. The Balaban J connectivity index is 2.28. The van der Waals surface area contributed by atoms with Crippen molar-refractivity contribution < 1.29 is 9.53 Å². The Morgan fingerprint density at radius 2 is 2.13 bits per heavy atom. The van der Waals surface area contributed by atoms with Gasteiger partial charge in [-0.1, -0.05) is 43.0 Å². The van der Waals surface area contributed by atoms with Gasteiger partial charge in [-0.25, -0.2) is 4.79 Å². The highest BCUT2D eigenvalue weighted by Gasteiger charge is 1.98. The number of carbonyl (C=O) groups is 1. The standard InChI is InChI=1S/C12H13NO2/c1-2-3-9-13-12(14)15-10-11-7-5-4-6-8-11/h2-9H,1,10H2,(H,13,14). The third-order valence-corrected chi connectivity index (χ3v) is 1.65. The van der Waals surface area contributed by atoms with E-state index in [1.165, 1.54) is 6.20 Å². The highest BCUT2D eigenvalue weighted by atomic mass is 16.5. The van der Waals surface area contributed by atoms with Gasteiger partial charge < -0.3 is 4.74 Å². The van der Waals surface area contributed by atoms with Gasteiger partial charge in [-0.3, -0.25) is 5.32 Å². The first kappa shape index (κ1) is 11.0. The molecule has 0 spiro atoms. The van der Waals surface area contributed by atoms with E-state index >= 15 is 0 Å². The lowest BCUT2D eigenvalue weighted by molar-refractivity contribution is 0.143. The van der Waals surface area contributed by atoms with Gasteiger partial charge in [0.1, 0.15) is 6.61 Å². The zero-order chi connectivity index (χ0) is 10.9. The third kappa shape index (κ3) is 4.67. The van der Waals surface area contributed by atoms with Gasteiger partial charge in [-0.2, -0.15) is 0 Å². The van der Waals surface area contributed by atoms with Crippen molar-refractivity contribution in [2.45, 2.75) is 6.61 Å². The zero-order valence-corrected chi connectivity index (χ0v) is 8.35. The van der Waals surface area contributed by atoms with E-state index in [-0.39, 0.29) is 6.61 Å². The molecule has 0 aliphatic carbocycles. The number of alkyl carbamates (subject to hydrolysis) is 1. The van der Waals surface area contributed by atoms with Crippen LogP contribution in [0.4, 0.5) is 4.79 Å². The first-order valence-corrected chi connectivity index (χ1v) is 4.57. The number of benzene rings is 1. The second-order valence-electron chi connectivity index (χ2n) is 2.80. The van der Waals surface area contributed by atoms with E-state index in [1.54, 1.807) is 12.2 Å². The van der Waals surface area contributed by atoms with Gasteiger partial charge in [0, 0.05) is 6.20 Å². The summed E-state index contributed by atoms with van der Waals surface area (Å²) < 4.78 is 4.94. The molecule has 1 amide bonds. The summed E-state index contributed by atoms with van der Waals surface area (Å²) in [6.07, 6.45) is 4.18. The van der Waals surface area contributed by atoms with E-state index in [1.807, 2.05) is 30.3 Å². The van der Waals surface area contributed by atoms with Crippen LogP contribution in [0.3, 0.4) is 0 Å². The first-order chi connectivity index (χ1) is 7.33. The molecule has 0 saturated heterocycles. The molecule has 0 radical (unpaired) electrons. The number of carbonyl (C=O) groups excluding carboxylic acids is 1. The van der Waals surface area contributed by atoms with Gasteiger partial charge in [0.05, 0.1) is 0 Å². The first-order valence-electron chi connectivity index (χ1n) is 4.57. The van der Waals surface area contributed by atoms with Crippen molar-refractivity contribution in [2.24, 2.45) is 0 Å². The molecular weight excluding hydrogens is 190 g/mol. The van der Waals surface area contributed by atoms with Crippen LogP contribution in [0.5, 0.6) is 0 Å². The number of hydrogen-bond acceptors (Lipinski definition) is 2. The van der Waals surface area contributed by atoms with Gasteiger partial charge in [0.15, 0.2) is 0 Å². The van der Waals surface area contributed by atoms with Crippen LogP contribution in [-0.4, -0.2) is 6.09 Å². The molecule has 3 heteroatoms. The van der Waals surface area contributed by atoms with Crippen LogP contribution in [0.15, 0.2) is 55.3 Å². The molecule has 0 aliphatic heterocycles. The van der Waals surface area contributed by atoms with Gasteiger partial charge in [0.2, 0.25) is 0 Å². The van der Waals surface area contributed by atoms with Crippen molar-refractivity contribution in [3.8, 4) is 0 Å². The second-order valence-corrected chi connectivity index (χ2v) is 2.80. The predicted molar refractivity (Wildman–Crippen MR) is 59.1 cm³/mol. The Morgan fingerprint density at radius 1 is 1.40 bits per heavy atom. The topological polar surface area (TPSA) is 38.3 Å². The number of nitrogens with one attached hydrogen (secondary N) is 1. The Morgan fingerprint density at radius 3 is 2.80 bits per heavy atom. The van der Waals surface area contributed by atoms with Crippen molar-refractivity contribution in [1.29, 1.82) is 0 Å². The highest BCUT2D eigenvalue weighted by Crippen LogP contribution is 2.00. The summed E-state index contributed by atoms with van der Waals surface area (Å²) in [5.41, 5.74) is 0.959. The minimum atomic E-state index is -0.475. The van der Waals surface area contributed by atoms with Crippen molar-refractivity contribution in [1.82, 2.24) is 5.32 Å². The SMILES string of the molecule is C=CC=CNC(=O)OCc1ccccc1. The second kappa shape index (κ2) is 6.43. The van der Waals surface area contributed by atoms with Crippen molar-refractivity contribution >= 4 is 6.09 Å².